The molecule has 0 amide bonds. The van der Waals surface area contributed by atoms with Gasteiger partial charge >= 0.3 is 11.9 Å². The fraction of sp³-hybridized carbons (Fsp3) is 0.600. The molecule has 19 heavy (non-hydrogen) atoms. The van der Waals surface area contributed by atoms with Gasteiger partial charge in [-0.25, -0.2) is 4.79 Å². The Hall–Kier alpha value is -1.58. The van der Waals surface area contributed by atoms with Gasteiger partial charge in [0.05, 0.1) is 18.6 Å². The second-order valence-corrected chi connectivity index (χ2v) is 4.70. The zero-order valence-corrected chi connectivity index (χ0v) is 12.4. The molecule has 0 saturated heterocycles. The van der Waals surface area contributed by atoms with Gasteiger partial charge in [-0.3, -0.25) is 4.79 Å². The highest BCUT2D eigenvalue weighted by Crippen LogP contribution is 2.09. The summed E-state index contributed by atoms with van der Waals surface area (Å²) in [6, 6.07) is 0. The first kappa shape index (κ1) is 17.4. The summed E-state index contributed by atoms with van der Waals surface area (Å²) in [7, 11) is 0. The normalized spacial score (nSPS) is 12.3. The van der Waals surface area contributed by atoms with Gasteiger partial charge in [0.15, 0.2) is 0 Å². The average Bonchev–Trinajstić information content (AvgIpc) is 2.25. The first-order chi connectivity index (χ1) is 8.86. The molecule has 0 aliphatic heterocycles. The standard InChI is InChI=1S/C15H24O4/c1-6-7-8-9-13(15(17)19-12(4)5)10-14(16)18-11(2)3/h7-9,11-12H,6,10H2,1-5H3. The highest BCUT2D eigenvalue weighted by Gasteiger charge is 2.17. The Morgan fingerprint density at radius 3 is 2.11 bits per heavy atom. The van der Waals surface area contributed by atoms with Crippen molar-refractivity contribution in [3.63, 3.8) is 0 Å². The third-order valence-corrected chi connectivity index (χ3v) is 1.98. The predicted octanol–water partition coefficient (Wildman–Crippen LogP) is 3.17. The molecule has 4 nitrogen and oxygen atoms in total. The van der Waals surface area contributed by atoms with Crippen LogP contribution in [-0.4, -0.2) is 24.1 Å². The van der Waals surface area contributed by atoms with Crippen LogP contribution in [0.25, 0.3) is 0 Å². The van der Waals surface area contributed by atoms with E-state index in [0.717, 1.165) is 6.42 Å². The molecule has 0 aromatic rings. The highest BCUT2D eigenvalue weighted by molar-refractivity contribution is 5.94. The molecule has 0 fully saturated rings. The van der Waals surface area contributed by atoms with E-state index in [1.165, 1.54) is 0 Å². The number of hydrogen-bond donors (Lipinski definition) is 0. The van der Waals surface area contributed by atoms with Crippen molar-refractivity contribution in [2.75, 3.05) is 0 Å². The van der Waals surface area contributed by atoms with Crippen LogP contribution in [0.1, 0.15) is 47.5 Å². The third kappa shape index (κ3) is 9.05. The molecule has 4 heteroatoms. The Kier molecular flexibility index (Phi) is 8.58. The Morgan fingerprint density at radius 1 is 1.05 bits per heavy atom. The number of carbonyl (C=O) groups excluding carboxylic acids is 2. The molecule has 0 unspecified atom stereocenters. The van der Waals surface area contributed by atoms with Gasteiger partial charge in [0, 0.05) is 5.57 Å². The van der Waals surface area contributed by atoms with Gasteiger partial charge in [0.25, 0.3) is 0 Å². The molecule has 0 aliphatic rings. The highest BCUT2D eigenvalue weighted by atomic mass is 16.5. The van der Waals surface area contributed by atoms with Crippen LogP contribution in [0.4, 0.5) is 0 Å². The molecule has 0 aromatic heterocycles. The van der Waals surface area contributed by atoms with Crippen molar-refractivity contribution in [2.45, 2.75) is 59.7 Å². The van der Waals surface area contributed by atoms with Crippen molar-refractivity contribution in [3.8, 4) is 0 Å². The molecule has 0 atom stereocenters. The van der Waals surface area contributed by atoms with Gasteiger partial charge < -0.3 is 9.47 Å². The molecular weight excluding hydrogens is 244 g/mol. The van der Waals surface area contributed by atoms with Crippen molar-refractivity contribution >= 4 is 11.9 Å². The Labute approximate surface area is 115 Å². The third-order valence-electron chi connectivity index (χ3n) is 1.98. The van der Waals surface area contributed by atoms with Crippen LogP contribution >= 0.6 is 0 Å². The maximum Gasteiger partial charge on any atom is 0.334 e. The van der Waals surface area contributed by atoms with Crippen LogP contribution in [0.3, 0.4) is 0 Å². The number of esters is 2. The number of carbonyl (C=O) groups is 2. The van der Waals surface area contributed by atoms with Crippen molar-refractivity contribution in [1.82, 2.24) is 0 Å². The molecule has 0 spiro atoms. The summed E-state index contributed by atoms with van der Waals surface area (Å²) < 4.78 is 10.1. The van der Waals surface area contributed by atoms with Gasteiger partial charge in [0.1, 0.15) is 0 Å². The maximum absolute atomic E-state index is 11.8. The Balaban J connectivity index is 4.77. The van der Waals surface area contributed by atoms with E-state index in [1.807, 2.05) is 13.0 Å². The largest absolute Gasteiger partial charge is 0.463 e. The van der Waals surface area contributed by atoms with Crippen molar-refractivity contribution in [2.24, 2.45) is 0 Å². The van der Waals surface area contributed by atoms with E-state index in [2.05, 4.69) is 0 Å². The molecule has 0 bridgehead atoms. The van der Waals surface area contributed by atoms with Crippen molar-refractivity contribution < 1.29 is 19.1 Å². The number of ether oxygens (including phenoxy) is 2. The fourth-order valence-corrected chi connectivity index (χ4v) is 1.27. The molecule has 0 aromatic carbocycles. The quantitative estimate of drug-likeness (QED) is 0.404. The van der Waals surface area contributed by atoms with Crippen LogP contribution in [0.5, 0.6) is 0 Å². The summed E-state index contributed by atoms with van der Waals surface area (Å²) in [6.07, 6.45) is 5.64. The van der Waals surface area contributed by atoms with Crippen molar-refractivity contribution in [3.05, 3.63) is 23.8 Å². The SMILES string of the molecule is CCC=CC=C(CC(=O)OC(C)C)C(=O)OC(C)C. The van der Waals surface area contributed by atoms with E-state index in [4.69, 9.17) is 9.47 Å². The number of allylic oxidation sites excluding steroid dienone is 3. The summed E-state index contributed by atoms with van der Waals surface area (Å²) in [4.78, 5) is 23.4. The lowest BCUT2D eigenvalue weighted by atomic mass is 10.1. The molecule has 0 aliphatic carbocycles. The van der Waals surface area contributed by atoms with Crippen LogP contribution in [0.15, 0.2) is 23.8 Å². The monoisotopic (exact) mass is 268 g/mol. The van der Waals surface area contributed by atoms with Gasteiger partial charge in [-0.2, -0.15) is 0 Å². The van der Waals surface area contributed by atoms with Gasteiger partial charge in [-0.15, -0.1) is 0 Å². The molecule has 0 rings (SSSR count). The van der Waals surface area contributed by atoms with Crippen LogP contribution < -0.4 is 0 Å². The van der Waals surface area contributed by atoms with E-state index in [0.29, 0.717) is 5.57 Å². The predicted molar refractivity (Wildman–Crippen MR) is 74.6 cm³/mol. The second kappa shape index (κ2) is 9.36. The minimum absolute atomic E-state index is 0.0716. The summed E-state index contributed by atoms with van der Waals surface area (Å²) in [6.45, 7) is 9.06. The van der Waals surface area contributed by atoms with Gasteiger partial charge in [-0.1, -0.05) is 25.2 Å². The molecular formula is C15H24O4. The molecule has 108 valence electrons. The van der Waals surface area contributed by atoms with Gasteiger partial charge in [-0.05, 0) is 34.1 Å². The summed E-state index contributed by atoms with van der Waals surface area (Å²) in [5.41, 5.74) is 0.309. The lowest BCUT2D eigenvalue weighted by Gasteiger charge is -2.11. The minimum Gasteiger partial charge on any atom is -0.463 e. The first-order valence-corrected chi connectivity index (χ1v) is 6.63. The lowest BCUT2D eigenvalue weighted by Crippen LogP contribution is -2.18. The molecule has 0 saturated carbocycles. The van der Waals surface area contributed by atoms with Crippen LogP contribution in [0.2, 0.25) is 0 Å². The zero-order valence-electron chi connectivity index (χ0n) is 12.4. The van der Waals surface area contributed by atoms with E-state index in [1.54, 1.807) is 39.8 Å². The Morgan fingerprint density at radius 2 is 1.63 bits per heavy atom. The summed E-state index contributed by atoms with van der Waals surface area (Å²) >= 11 is 0. The van der Waals surface area contributed by atoms with E-state index in [9.17, 15) is 9.59 Å². The van der Waals surface area contributed by atoms with Gasteiger partial charge in [0.2, 0.25) is 0 Å². The maximum atomic E-state index is 11.8. The molecule has 0 radical (unpaired) electrons. The van der Waals surface area contributed by atoms with Crippen LogP contribution in [0, 0.1) is 0 Å². The first-order valence-electron chi connectivity index (χ1n) is 6.63. The Bertz CT molecular complexity index is 351. The van der Waals surface area contributed by atoms with E-state index < -0.39 is 11.9 Å². The molecule has 0 N–H and O–H groups in total. The van der Waals surface area contributed by atoms with Crippen molar-refractivity contribution in [1.29, 1.82) is 0 Å². The van der Waals surface area contributed by atoms with E-state index >= 15 is 0 Å². The smallest absolute Gasteiger partial charge is 0.334 e. The topological polar surface area (TPSA) is 52.6 Å². The number of hydrogen-bond acceptors (Lipinski definition) is 4. The second-order valence-electron chi connectivity index (χ2n) is 4.70. The summed E-state index contributed by atoms with van der Waals surface area (Å²) in [5.74, 6) is -0.900. The average molecular weight is 268 g/mol. The number of rotatable bonds is 7. The van der Waals surface area contributed by atoms with Crippen LogP contribution in [-0.2, 0) is 19.1 Å². The minimum atomic E-state index is -0.476. The summed E-state index contributed by atoms with van der Waals surface area (Å²) in [5, 5.41) is 0. The fourth-order valence-electron chi connectivity index (χ4n) is 1.27. The lowest BCUT2D eigenvalue weighted by molar-refractivity contribution is -0.150. The molecule has 0 heterocycles. The van der Waals surface area contributed by atoms with E-state index in [-0.39, 0.29) is 18.6 Å². The zero-order chi connectivity index (χ0) is 14.8.